The number of fused-ring (bicyclic) bond motifs is 8. The van der Waals surface area contributed by atoms with Gasteiger partial charge < -0.3 is 9.80 Å². The maximum Gasteiger partial charge on any atom is 0.0540 e. The van der Waals surface area contributed by atoms with Gasteiger partial charge in [-0.1, -0.05) is 309 Å². The highest BCUT2D eigenvalue weighted by molar-refractivity contribution is 7.26. The molecule has 2 aromatic heterocycles. The molecule has 0 amide bonds. The van der Waals surface area contributed by atoms with Crippen molar-refractivity contribution in [3.8, 4) is 89.0 Å². The van der Waals surface area contributed by atoms with Gasteiger partial charge in [0.2, 0.25) is 0 Å². The molecule has 18 aromatic carbocycles. The zero-order chi connectivity index (χ0) is 71.7. The van der Waals surface area contributed by atoms with Crippen LogP contribution in [0.4, 0.5) is 34.1 Å². The quantitative estimate of drug-likeness (QED) is 0.107. The predicted octanol–water partition coefficient (Wildman–Crippen LogP) is 30.7. The van der Waals surface area contributed by atoms with Gasteiger partial charge in [0.25, 0.3) is 0 Å². The summed E-state index contributed by atoms with van der Waals surface area (Å²) in [5.41, 5.74) is 26.2. The van der Waals surface area contributed by atoms with Crippen LogP contribution in [0.2, 0.25) is 0 Å². The number of rotatable bonds is 14. The summed E-state index contributed by atoms with van der Waals surface area (Å²) in [6.45, 7) is 0. The monoisotopic (exact) mass is 1410 g/mol. The first kappa shape index (κ1) is 65.3. The van der Waals surface area contributed by atoms with Crippen LogP contribution >= 0.6 is 22.7 Å². The van der Waals surface area contributed by atoms with E-state index in [0.717, 1.165) is 34.1 Å². The Balaban J connectivity index is 0.000000147. The molecule has 0 aliphatic rings. The molecule has 0 bridgehead atoms. The molecule has 20 rings (SSSR count). The fraction of sp³-hybridized carbons (Fsp3) is 0. The zero-order valence-corrected chi connectivity index (χ0v) is 60.8. The van der Waals surface area contributed by atoms with E-state index >= 15 is 0 Å². The molecule has 108 heavy (non-hydrogen) atoms. The van der Waals surface area contributed by atoms with Crippen LogP contribution in [-0.4, -0.2) is 0 Å². The number of nitrogens with zero attached hydrogens (tertiary/aromatic N) is 2. The number of hydrogen-bond donors (Lipinski definition) is 0. The molecule has 20 aromatic rings. The molecular formula is C104H70N2S2. The van der Waals surface area contributed by atoms with Crippen molar-refractivity contribution < 1.29 is 0 Å². The number of thiophene rings is 2. The summed E-state index contributed by atoms with van der Waals surface area (Å²) in [4.78, 5) is 4.72. The summed E-state index contributed by atoms with van der Waals surface area (Å²) in [6.07, 6.45) is 0. The lowest BCUT2D eigenvalue weighted by molar-refractivity contribution is 1.28. The Hall–Kier alpha value is -13.5. The number of benzene rings is 18. The second-order valence-corrected chi connectivity index (χ2v) is 29.6. The smallest absolute Gasteiger partial charge is 0.0540 e. The third-order valence-electron chi connectivity index (χ3n) is 20.9. The van der Waals surface area contributed by atoms with E-state index in [9.17, 15) is 0 Å². The average molecular weight is 1410 g/mol. The third-order valence-corrected chi connectivity index (χ3v) is 23.4. The molecule has 2 nitrogen and oxygen atoms in total. The van der Waals surface area contributed by atoms with E-state index in [-0.39, 0.29) is 0 Å². The minimum atomic E-state index is 1.10. The van der Waals surface area contributed by atoms with Crippen molar-refractivity contribution >= 4 is 119 Å². The Kier molecular flexibility index (Phi) is 17.5. The maximum atomic E-state index is 2.39. The number of anilines is 6. The molecule has 508 valence electrons. The Morgan fingerprint density at radius 1 is 0.157 bits per heavy atom. The Bertz CT molecular complexity index is 6610. The molecule has 4 heteroatoms. The molecule has 2 heterocycles. The minimum absolute atomic E-state index is 1.10. The van der Waals surface area contributed by atoms with Gasteiger partial charge in [-0.25, -0.2) is 0 Å². The lowest BCUT2D eigenvalue weighted by atomic mass is 9.94. The van der Waals surface area contributed by atoms with Crippen LogP contribution in [0.1, 0.15) is 0 Å². The third kappa shape index (κ3) is 12.9. The van der Waals surface area contributed by atoms with Gasteiger partial charge in [0.05, 0.1) is 5.69 Å². The SMILES string of the molecule is c1ccc(-c2ccc(-c3ccc(N(c4ccccc4)c4ccc(-c5cc(-c6ccc7ccccc7c6)c6sc7ccccc7c6c5)cc4)cc3)cc2)cc1.c1ccc(-c2ccc(N(c3ccc(-c4cc(-c5ccc6ccccc6c5)c5sc6ccccc6c5c4)cc3)c3ccccc3-c3ccccc3)cc2)cc1. The van der Waals surface area contributed by atoms with Crippen molar-refractivity contribution in [3.05, 3.63) is 425 Å². The second-order valence-electron chi connectivity index (χ2n) is 27.5. The summed E-state index contributed by atoms with van der Waals surface area (Å²) in [6, 6.07) is 154. The van der Waals surface area contributed by atoms with Gasteiger partial charge in [0.15, 0.2) is 0 Å². The van der Waals surface area contributed by atoms with Crippen molar-refractivity contribution in [1.29, 1.82) is 0 Å². The molecule has 0 unspecified atom stereocenters. The standard InChI is InChI=1S/2C52H35NS/c1-3-13-36(14-4-1)38-25-29-44(30-26-38)53(50-21-11-9-19-46(50)40-16-5-2-6-17-40)45-31-27-39(28-32-45)43-34-48(42-24-23-37-15-7-8-18-41(37)33-42)52-49(35-43)47-20-10-12-22-51(47)54-52;1-3-11-36(12-4-1)38-19-21-39(22-20-38)40-25-29-46(30-26-40)53(45-15-5-2-6-16-45)47-31-27-41(28-32-47)44-34-49(43-24-23-37-13-7-8-14-42(37)33-43)52-50(35-44)48-17-9-10-18-51(48)54-52/h2*1-35H. The summed E-state index contributed by atoms with van der Waals surface area (Å²) in [7, 11) is 0. The first-order valence-corrected chi connectivity index (χ1v) is 38.5. The highest BCUT2D eigenvalue weighted by atomic mass is 32.1. The number of hydrogen-bond acceptors (Lipinski definition) is 4. The predicted molar refractivity (Wildman–Crippen MR) is 467 cm³/mol. The van der Waals surface area contributed by atoms with Crippen LogP contribution in [0.25, 0.3) is 151 Å². The van der Waals surface area contributed by atoms with Crippen LogP contribution in [0.15, 0.2) is 425 Å². The fourth-order valence-corrected chi connectivity index (χ4v) is 17.9. The van der Waals surface area contributed by atoms with E-state index < -0.39 is 0 Å². The normalized spacial score (nSPS) is 11.3. The summed E-state index contributed by atoms with van der Waals surface area (Å²) < 4.78 is 5.29. The first-order chi connectivity index (χ1) is 53.5. The molecule has 0 radical (unpaired) electrons. The molecule has 0 aliphatic heterocycles. The minimum Gasteiger partial charge on any atom is -0.311 e. The first-order valence-electron chi connectivity index (χ1n) is 36.8. The summed E-state index contributed by atoms with van der Waals surface area (Å²) in [5, 5.41) is 10.3. The highest BCUT2D eigenvalue weighted by Gasteiger charge is 2.21. The molecule has 0 spiro atoms. The van der Waals surface area contributed by atoms with Crippen LogP contribution < -0.4 is 9.80 Å². The Morgan fingerprint density at radius 2 is 0.454 bits per heavy atom. The molecule has 0 fully saturated rings. The lowest BCUT2D eigenvalue weighted by Gasteiger charge is -2.28. The molecule has 0 N–H and O–H groups in total. The van der Waals surface area contributed by atoms with E-state index in [2.05, 4.69) is 434 Å². The zero-order valence-electron chi connectivity index (χ0n) is 59.1. The van der Waals surface area contributed by atoms with E-state index in [1.54, 1.807) is 0 Å². The van der Waals surface area contributed by atoms with Gasteiger partial charge in [-0.05, 0) is 209 Å². The van der Waals surface area contributed by atoms with Crippen molar-refractivity contribution in [2.24, 2.45) is 0 Å². The molecule has 0 saturated heterocycles. The van der Waals surface area contributed by atoms with Crippen LogP contribution in [0.3, 0.4) is 0 Å². The van der Waals surface area contributed by atoms with Crippen molar-refractivity contribution in [3.63, 3.8) is 0 Å². The van der Waals surface area contributed by atoms with E-state index in [1.807, 2.05) is 22.7 Å². The van der Waals surface area contributed by atoms with Gasteiger partial charge in [-0.3, -0.25) is 0 Å². The van der Waals surface area contributed by atoms with Gasteiger partial charge in [-0.2, -0.15) is 0 Å². The van der Waals surface area contributed by atoms with Gasteiger partial charge >= 0.3 is 0 Å². The highest BCUT2D eigenvalue weighted by Crippen LogP contribution is 2.48. The van der Waals surface area contributed by atoms with Crippen LogP contribution in [0.5, 0.6) is 0 Å². The van der Waals surface area contributed by atoms with E-state index in [4.69, 9.17) is 0 Å². The molecular weight excluding hydrogens is 1340 g/mol. The topological polar surface area (TPSA) is 6.48 Å². The Labute approximate surface area is 637 Å². The van der Waals surface area contributed by atoms with Gasteiger partial charge in [0, 0.05) is 85.5 Å². The van der Waals surface area contributed by atoms with E-state index in [0.29, 0.717) is 0 Å². The maximum absolute atomic E-state index is 2.39. The second kappa shape index (κ2) is 28.9. The van der Waals surface area contributed by atoms with E-state index in [1.165, 1.54) is 151 Å². The van der Waals surface area contributed by atoms with Gasteiger partial charge in [-0.15, -0.1) is 22.7 Å². The van der Waals surface area contributed by atoms with Gasteiger partial charge in [0.1, 0.15) is 0 Å². The lowest BCUT2D eigenvalue weighted by Crippen LogP contribution is -2.11. The average Bonchev–Trinajstić information content (AvgIpc) is 1.59. The largest absolute Gasteiger partial charge is 0.311 e. The van der Waals surface area contributed by atoms with Crippen molar-refractivity contribution in [2.45, 2.75) is 0 Å². The van der Waals surface area contributed by atoms with Crippen molar-refractivity contribution in [1.82, 2.24) is 0 Å². The Morgan fingerprint density at radius 3 is 0.880 bits per heavy atom. The molecule has 0 saturated carbocycles. The van der Waals surface area contributed by atoms with Crippen LogP contribution in [0, 0.1) is 0 Å². The molecule has 0 atom stereocenters. The summed E-state index contributed by atoms with van der Waals surface area (Å²) >= 11 is 3.77. The van der Waals surface area contributed by atoms with Crippen LogP contribution in [-0.2, 0) is 0 Å². The number of para-hydroxylation sites is 2. The summed E-state index contributed by atoms with van der Waals surface area (Å²) in [5.74, 6) is 0. The molecule has 0 aliphatic carbocycles. The van der Waals surface area contributed by atoms with Crippen molar-refractivity contribution in [2.75, 3.05) is 9.80 Å². The fourth-order valence-electron chi connectivity index (χ4n) is 15.4.